The molecule has 1 aliphatic rings. The summed E-state index contributed by atoms with van der Waals surface area (Å²) in [4.78, 5) is 0. The molecule has 0 amide bonds. The monoisotopic (exact) mass is 137 g/mol. The summed E-state index contributed by atoms with van der Waals surface area (Å²) in [6.07, 6.45) is 6.44. The van der Waals surface area contributed by atoms with Gasteiger partial charge in [0.25, 0.3) is 0 Å². The third-order valence-electron chi connectivity index (χ3n) is 1.74. The van der Waals surface area contributed by atoms with Crippen molar-refractivity contribution in [2.24, 2.45) is 5.92 Å². The summed E-state index contributed by atoms with van der Waals surface area (Å²) in [5.41, 5.74) is 1.44. The predicted molar refractivity (Wildman–Crippen MR) is 44.7 cm³/mol. The lowest BCUT2D eigenvalue weighted by Crippen LogP contribution is -2.21. The molecule has 1 atom stereocenters. The molecule has 1 aliphatic heterocycles. The van der Waals surface area contributed by atoms with E-state index in [1.54, 1.807) is 0 Å². The average molecular weight is 137 g/mol. The van der Waals surface area contributed by atoms with E-state index in [4.69, 9.17) is 0 Å². The molecule has 0 aliphatic carbocycles. The fourth-order valence-corrected chi connectivity index (χ4v) is 1.07. The zero-order valence-electron chi connectivity index (χ0n) is 6.89. The van der Waals surface area contributed by atoms with Crippen LogP contribution in [0, 0.1) is 5.92 Å². The van der Waals surface area contributed by atoms with Crippen LogP contribution in [0.4, 0.5) is 0 Å². The van der Waals surface area contributed by atoms with Gasteiger partial charge in [0.1, 0.15) is 0 Å². The summed E-state index contributed by atoms with van der Waals surface area (Å²) in [5, 5.41) is 3.21. The van der Waals surface area contributed by atoms with Gasteiger partial charge in [0.2, 0.25) is 0 Å². The Hall–Kier alpha value is -0.720. The first kappa shape index (κ1) is 7.39. The molecule has 0 aromatic rings. The highest BCUT2D eigenvalue weighted by atomic mass is 14.9. The molecule has 0 saturated heterocycles. The molecule has 0 bridgehead atoms. The van der Waals surface area contributed by atoms with E-state index in [0.29, 0.717) is 12.0 Å². The average Bonchev–Trinajstić information content (AvgIpc) is 1.88. The standard InChI is InChI=1S/C9H15N/c1-7(2)9-4-5-10-8(3)6-9/h4-8,10H,1-3H3. The molecule has 1 nitrogen and oxygen atoms in total. The smallest absolute Gasteiger partial charge is 0.0416 e. The molecule has 0 radical (unpaired) electrons. The molecule has 1 heteroatoms. The third-order valence-corrected chi connectivity index (χ3v) is 1.74. The van der Waals surface area contributed by atoms with Crippen LogP contribution in [-0.4, -0.2) is 6.04 Å². The van der Waals surface area contributed by atoms with Crippen molar-refractivity contribution in [3.63, 3.8) is 0 Å². The van der Waals surface area contributed by atoms with Crippen molar-refractivity contribution in [2.45, 2.75) is 26.8 Å². The quantitative estimate of drug-likeness (QED) is 0.583. The second kappa shape index (κ2) is 2.91. The number of allylic oxidation sites excluding steroid dienone is 2. The van der Waals surface area contributed by atoms with E-state index in [1.165, 1.54) is 5.57 Å². The van der Waals surface area contributed by atoms with Gasteiger partial charge in [-0.3, -0.25) is 0 Å². The molecule has 0 spiro atoms. The van der Waals surface area contributed by atoms with E-state index in [2.05, 4.69) is 38.2 Å². The van der Waals surface area contributed by atoms with Crippen molar-refractivity contribution in [1.82, 2.24) is 5.32 Å². The van der Waals surface area contributed by atoms with E-state index in [-0.39, 0.29) is 0 Å². The molecular weight excluding hydrogens is 122 g/mol. The van der Waals surface area contributed by atoms with Crippen LogP contribution in [0.5, 0.6) is 0 Å². The Morgan fingerprint density at radius 3 is 2.60 bits per heavy atom. The van der Waals surface area contributed by atoms with Crippen LogP contribution in [0.25, 0.3) is 0 Å². The lowest BCUT2D eigenvalue weighted by molar-refractivity contribution is 0.708. The van der Waals surface area contributed by atoms with Crippen LogP contribution < -0.4 is 5.32 Å². The van der Waals surface area contributed by atoms with Gasteiger partial charge in [-0.05, 0) is 30.7 Å². The zero-order valence-corrected chi connectivity index (χ0v) is 6.89. The summed E-state index contributed by atoms with van der Waals surface area (Å²) in [6, 6.07) is 0.502. The van der Waals surface area contributed by atoms with Gasteiger partial charge >= 0.3 is 0 Å². The minimum Gasteiger partial charge on any atom is -0.385 e. The first-order valence-corrected chi connectivity index (χ1v) is 3.84. The molecule has 1 unspecified atom stereocenters. The molecule has 10 heavy (non-hydrogen) atoms. The first-order chi connectivity index (χ1) is 4.70. The Morgan fingerprint density at radius 2 is 2.20 bits per heavy atom. The third kappa shape index (κ3) is 1.63. The largest absolute Gasteiger partial charge is 0.385 e. The second-order valence-corrected chi connectivity index (χ2v) is 3.11. The van der Waals surface area contributed by atoms with Gasteiger partial charge in [-0.25, -0.2) is 0 Å². The molecule has 1 N–H and O–H groups in total. The van der Waals surface area contributed by atoms with Crippen LogP contribution in [0.2, 0.25) is 0 Å². The maximum atomic E-state index is 3.21. The van der Waals surface area contributed by atoms with Gasteiger partial charge in [-0.15, -0.1) is 0 Å². The van der Waals surface area contributed by atoms with Crippen molar-refractivity contribution in [2.75, 3.05) is 0 Å². The maximum absolute atomic E-state index is 3.21. The van der Waals surface area contributed by atoms with Crippen LogP contribution in [0.15, 0.2) is 23.9 Å². The van der Waals surface area contributed by atoms with Gasteiger partial charge < -0.3 is 5.32 Å². The number of hydrogen-bond donors (Lipinski definition) is 1. The number of dihydropyridines is 1. The minimum atomic E-state index is 0.502. The maximum Gasteiger partial charge on any atom is 0.0416 e. The van der Waals surface area contributed by atoms with E-state index in [0.717, 1.165) is 0 Å². The van der Waals surface area contributed by atoms with Crippen LogP contribution in [0.3, 0.4) is 0 Å². The van der Waals surface area contributed by atoms with Crippen molar-refractivity contribution in [1.29, 1.82) is 0 Å². The number of rotatable bonds is 1. The van der Waals surface area contributed by atoms with Crippen molar-refractivity contribution in [3.05, 3.63) is 23.9 Å². The summed E-state index contributed by atoms with van der Waals surface area (Å²) < 4.78 is 0. The summed E-state index contributed by atoms with van der Waals surface area (Å²) >= 11 is 0. The Morgan fingerprint density at radius 1 is 1.50 bits per heavy atom. The van der Waals surface area contributed by atoms with E-state index < -0.39 is 0 Å². The summed E-state index contributed by atoms with van der Waals surface area (Å²) in [7, 11) is 0. The highest BCUT2D eigenvalue weighted by Crippen LogP contribution is 2.13. The van der Waals surface area contributed by atoms with Crippen LogP contribution in [-0.2, 0) is 0 Å². The van der Waals surface area contributed by atoms with Gasteiger partial charge in [-0.1, -0.05) is 19.9 Å². The molecule has 0 aromatic carbocycles. The Kier molecular flexibility index (Phi) is 2.15. The SMILES string of the molecule is CC1C=C(C(C)C)C=CN1. The molecule has 0 saturated carbocycles. The fourth-order valence-electron chi connectivity index (χ4n) is 1.07. The molecule has 0 fully saturated rings. The van der Waals surface area contributed by atoms with Crippen molar-refractivity contribution < 1.29 is 0 Å². The lowest BCUT2D eigenvalue weighted by Gasteiger charge is -2.16. The Bertz CT molecular complexity index is 166. The highest BCUT2D eigenvalue weighted by molar-refractivity contribution is 5.25. The molecule has 1 rings (SSSR count). The van der Waals surface area contributed by atoms with Crippen LogP contribution >= 0.6 is 0 Å². The molecule has 0 aromatic heterocycles. The van der Waals surface area contributed by atoms with E-state index >= 15 is 0 Å². The second-order valence-electron chi connectivity index (χ2n) is 3.11. The van der Waals surface area contributed by atoms with E-state index in [1.807, 2.05) is 6.20 Å². The van der Waals surface area contributed by atoms with E-state index in [9.17, 15) is 0 Å². The summed E-state index contributed by atoms with van der Waals surface area (Å²) in [6.45, 7) is 6.59. The van der Waals surface area contributed by atoms with Gasteiger partial charge in [0, 0.05) is 6.04 Å². The predicted octanol–water partition coefficient (Wildman–Crippen LogP) is 2.07. The van der Waals surface area contributed by atoms with Crippen molar-refractivity contribution in [3.8, 4) is 0 Å². The fraction of sp³-hybridized carbons (Fsp3) is 0.556. The number of nitrogens with one attached hydrogen (secondary N) is 1. The zero-order chi connectivity index (χ0) is 7.56. The topological polar surface area (TPSA) is 12.0 Å². The summed E-state index contributed by atoms with van der Waals surface area (Å²) in [5.74, 6) is 0.654. The number of hydrogen-bond acceptors (Lipinski definition) is 1. The Labute approximate surface area is 62.8 Å². The minimum absolute atomic E-state index is 0.502. The van der Waals surface area contributed by atoms with Crippen molar-refractivity contribution >= 4 is 0 Å². The lowest BCUT2D eigenvalue weighted by atomic mass is 9.99. The highest BCUT2D eigenvalue weighted by Gasteiger charge is 2.04. The molecule has 1 heterocycles. The normalized spacial score (nSPS) is 24.4. The van der Waals surface area contributed by atoms with Gasteiger partial charge in [0.15, 0.2) is 0 Å². The molecular formula is C9H15N. The Balaban J connectivity index is 2.66. The van der Waals surface area contributed by atoms with Crippen LogP contribution in [0.1, 0.15) is 20.8 Å². The van der Waals surface area contributed by atoms with Gasteiger partial charge in [-0.2, -0.15) is 0 Å². The first-order valence-electron chi connectivity index (χ1n) is 3.84. The van der Waals surface area contributed by atoms with Gasteiger partial charge in [0.05, 0.1) is 0 Å². The molecule has 56 valence electrons.